The van der Waals surface area contributed by atoms with Crippen LogP contribution < -0.4 is 5.32 Å². The first-order valence-corrected chi connectivity index (χ1v) is 6.06. The number of nitrogens with one attached hydrogen (secondary N) is 1. The van der Waals surface area contributed by atoms with E-state index in [2.05, 4.69) is 5.32 Å². The van der Waals surface area contributed by atoms with Gasteiger partial charge in [-0.2, -0.15) is 0 Å². The Bertz CT molecular complexity index is 496. The number of likely N-dealkylation sites (tertiary alicyclic amines) is 1. The molecule has 1 aliphatic heterocycles. The van der Waals surface area contributed by atoms with Crippen LogP contribution in [0.15, 0.2) is 12.1 Å². The van der Waals surface area contributed by atoms with Crippen molar-refractivity contribution in [3.05, 3.63) is 33.9 Å². The van der Waals surface area contributed by atoms with Crippen molar-refractivity contribution in [1.82, 2.24) is 4.90 Å². The number of rotatable bonds is 3. The van der Waals surface area contributed by atoms with E-state index < -0.39 is 22.2 Å². The topological polar surface area (TPSA) is 58.4 Å². The smallest absolute Gasteiger partial charge is 0.295 e. The van der Waals surface area contributed by atoms with Crippen molar-refractivity contribution in [3.8, 4) is 0 Å². The predicted octanol–water partition coefficient (Wildman–Crippen LogP) is 2.38. The third-order valence-electron chi connectivity index (χ3n) is 3.24. The summed E-state index contributed by atoms with van der Waals surface area (Å²) < 4.78 is 26.9. The lowest BCUT2D eigenvalue weighted by atomic mass is 10.1. The first-order valence-electron chi connectivity index (χ1n) is 6.06. The van der Waals surface area contributed by atoms with Crippen LogP contribution in [0.4, 0.5) is 20.2 Å². The van der Waals surface area contributed by atoms with E-state index in [1.807, 2.05) is 11.9 Å². The molecule has 0 bridgehead atoms. The summed E-state index contributed by atoms with van der Waals surface area (Å²) in [4.78, 5) is 12.2. The van der Waals surface area contributed by atoms with Gasteiger partial charge in [0.25, 0.3) is 5.69 Å². The van der Waals surface area contributed by atoms with Crippen LogP contribution in [0.1, 0.15) is 12.8 Å². The van der Waals surface area contributed by atoms with Crippen LogP contribution in [0.2, 0.25) is 0 Å². The molecule has 1 fully saturated rings. The highest BCUT2D eigenvalue weighted by molar-refractivity contribution is 5.63. The van der Waals surface area contributed by atoms with Crippen LogP contribution in [0.25, 0.3) is 0 Å². The van der Waals surface area contributed by atoms with E-state index >= 15 is 0 Å². The van der Waals surface area contributed by atoms with Crippen molar-refractivity contribution in [2.45, 2.75) is 18.9 Å². The summed E-state index contributed by atoms with van der Waals surface area (Å²) in [5, 5.41) is 13.6. The number of hydrogen-bond acceptors (Lipinski definition) is 4. The van der Waals surface area contributed by atoms with Crippen molar-refractivity contribution in [3.63, 3.8) is 0 Å². The number of likely N-dealkylation sites (N-methyl/N-ethyl adjacent to an activating group) is 1. The monoisotopic (exact) mass is 271 g/mol. The molecule has 0 saturated carbocycles. The summed E-state index contributed by atoms with van der Waals surface area (Å²) in [5.41, 5.74) is -0.794. The average Bonchev–Trinajstić information content (AvgIpc) is 2.35. The summed E-state index contributed by atoms with van der Waals surface area (Å²) in [6, 6.07) is 1.63. The lowest BCUT2D eigenvalue weighted by Gasteiger charge is -2.30. The maximum atomic E-state index is 13.7. The number of anilines is 1. The Hall–Kier alpha value is -1.76. The number of halogens is 2. The van der Waals surface area contributed by atoms with Gasteiger partial charge in [-0.05, 0) is 32.5 Å². The van der Waals surface area contributed by atoms with Crippen molar-refractivity contribution < 1.29 is 13.7 Å². The standard InChI is InChI=1S/C12H15F2N3O2/c1-16-6-2-3-8(7-16)15-12-10(17(18)19)5-4-9(13)11(12)14/h4-5,8,15H,2-3,6-7H2,1H3. The fraction of sp³-hybridized carbons (Fsp3) is 0.500. The van der Waals surface area contributed by atoms with Gasteiger partial charge in [0, 0.05) is 18.7 Å². The van der Waals surface area contributed by atoms with Crippen LogP contribution >= 0.6 is 0 Å². The van der Waals surface area contributed by atoms with Gasteiger partial charge in [0.2, 0.25) is 0 Å². The number of piperidine rings is 1. The first-order chi connectivity index (χ1) is 8.99. The Labute approximate surface area is 109 Å². The zero-order valence-electron chi connectivity index (χ0n) is 10.5. The molecule has 1 saturated heterocycles. The molecular weight excluding hydrogens is 256 g/mol. The van der Waals surface area contributed by atoms with E-state index in [1.54, 1.807) is 0 Å². The molecule has 1 N–H and O–H groups in total. The molecule has 0 radical (unpaired) electrons. The van der Waals surface area contributed by atoms with Crippen LogP contribution in [0, 0.1) is 21.7 Å². The van der Waals surface area contributed by atoms with E-state index in [9.17, 15) is 18.9 Å². The second kappa shape index (κ2) is 5.48. The van der Waals surface area contributed by atoms with Gasteiger partial charge in [-0.15, -0.1) is 0 Å². The fourth-order valence-corrected chi connectivity index (χ4v) is 2.32. The molecule has 1 aliphatic rings. The molecule has 1 aromatic rings. The summed E-state index contributed by atoms with van der Waals surface area (Å²) in [5.74, 6) is -2.28. The SMILES string of the molecule is CN1CCCC(Nc2c([N+](=O)[O-])ccc(F)c2F)C1. The maximum Gasteiger partial charge on any atom is 0.295 e. The van der Waals surface area contributed by atoms with E-state index in [-0.39, 0.29) is 11.7 Å². The van der Waals surface area contributed by atoms with Crippen molar-refractivity contribution in [1.29, 1.82) is 0 Å². The second-order valence-corrected chi connectivity index (χ2v) is 4.76. The minimum absolute atomic E-state index is 0.117. The molecule has 5 nitrogen and oxygen atoms in total. The molecule has 1 atom stereocenters. The van der Waals surface area contributed by atoms with Gasteiger partial charge in [-0.25, -0.2) is 8.78 Å². The quantitative estimate of drug-likeness (QED) is 0.677. The normalized spacial score (nSPS) is 20.3. The zero-order valence-corrected chi connectivity index (χ0v) is 10.5. The molecule has 1 aromatic carbocycles. The molecule has 0 spiro atoms. The third-order valence-corrected chi connectivity index (χ3v) is 3.24. The average molecular weight is 271 g/mol. The largest absolute Gasteiger partial charge is 0.373 e. The minimum atomic E-state index is -1.19. The number of nitro groups is 1. The molecule has 0 amide bonds. The Morgan fingerprint density at radius 3 is 2.84 bits per heavy atom. The van der Waals surface area contributed by atoms with Gasteiger partial charge >= 0.3 is 0 Å². The van der Waals surface area contributed by atoms with E-state index in [4.69, 9.17) is 0 Å². The van der Waals surface area contributed by atoms with Gasteiger partial charge in [-0.1, -0.05) is 0 Å². The highest BCUT2D eigenvalue weighted by atomic mass is 19.2. The maximum absolute atomic E-state index is 13.7. The summed E-state index contributed by atoms with van der Waals surface area (Å²) in [7, 11) is 1.92. The molecule has 1 heterocycles. The van der Waals surface area contributed by atoms with Crippen LogP contribution in [0.5, 0.6) is 0 Å². The molecule has 2 rings (SSSR count). The third kappa shape index (κ3) is 2.98. The Kier molecular flexibility index (Phi) is 3.94. The molecule has 19 heavy (non-hydrogen) atoms. The second-order valence-electron chi connectivity index (χ2n) is 4.76. The van der Waals surface area contributed by atoms with E-state index in [0.717, 1.165) is 31.5 Å². The molecule has 7 heteroatoms. The molecule has 0 aromatic heterocycles. The van der Waals surface area contributed by atoms with Crippen LogP contribution in [0.3, 0.4) is 0 Å². The number of nitro benzene ring substituents is 1. The summed E-state index contributed by atoms with van der Waals surface area (Å²) >= 11 is 0. The Morgan fingerprint density at radius 2 is 2.21 bits per heavy atom. The molecule has 104 valence electrons. The van der Waals surface area contributed by atoms with Gasteiger partial charge in [0.05, 0.1) is 4.92 Å². The van der Waals surface area contributed by atoms with Gasteiger partial charge in [0.1, 0.15) is 0 Å². The molecule has 0 aliphatic carbocycles. The van der Waals surface area contributed by atoms with Crippen LogP contribution in [-0.4, -0.2) is 36.0 Å². The summed E-state index contributed by atoms with van der Waals surface area (Å²) in [6.45, 7) is 1.58. The fourth-order valence-electron chi connectivity index (χ4n) is 2.32. The van der Waals surface area contributed by atoms with Gasteiger partial charge in [-0.3, -0.25) is 10.1 Å². The predicted molar refractivity (Wildman–Crippen MR) is 67.2 cm³/mol. The minimum Gasteiger partial charge on any atom is -0.373 e. The van der Waals surface area contributed by atoms with Crippen LogP contribution in [-0.2, 0) is 0 Å². The van der Waals surface area contributed by atoms with Crippen molar-refractivity contribution in [2.75, 3.05) is 25.5 Å². The van der Waals surface area contributed by atoms with Gasteiger partial charge in [0.15, 0.2) is 17.3 Å². The highest BCUT2D eigenvalue weighted by Gasteiger charge is 2.25. The Morgan fingerprint density at radius 1 is 1.47 bits per heavy atom. The van der Waals surface area contributed by atoms with Crippen molar-refractivity contribution >= 4 is 11.4 Å². The lowest BCUT2D eigenvalue weighted by molar-refractivity contribution is -0.384. The number of hydrogen-bond donors (Lipinski definition) is 1. The van der Waals surface area contributed by atoms with E-state index in [0.29, 0.717) is 6.54 Å². The Balaban J connectivity index is 2.27. The lowest BCUT2D eigenvalue weighted by Crippen LogP contribution is -2.40. The first kappa shape index (κ1) is 13.7. The van der Waals surface area contributed by atoms with Crippen molar-refractivity contribution in [2.24, 2.45) is 0 Å². The number of benzene rings is 1. The zero-order chi connectivity index (χ0) is 14.0. The highest BCUT2D eigenvalue weighted by Crippen LogP contribution is 2.30. The van der Waals surface area contributed by atoms with E-state index in [1.165, 1.54) is 0 Å². The van der Waals surface area contributed by atoms with Gasteiger partial charge < -0.3 is 10.2 Å². The number of nitrogens with zero attached hydrogens (tertiary/aromatic N) is 2. The molecular formula is C12H15F2N3O2. The summed E-state index contributed by atoms with van der Waals surface area (Å²) in [6.07, 6.45) is 1.69. The molecule has 1 unspecified atom stereocenters.